The van der Waals surface area contributed by atoms with Gasteiger partial charge in [0, 0.05) is 19.0 Å². The normalized spacial score (nSPS) is 21.9. The summed E-state index contributed by atoms with van der Waals surface area (Å²) in [4.78, 5) is 25.5. The third-order valence-corrected chi connectivity index (χ3v) is 4.62. The van der Waals surface area contributed by atoms with Crippen LogP contribution in [0.1, 0.15) is 64.7 Å². The van der Waals surface area contributed by atoms with E-state index in [1.54, 1.807) is 0 Å². The lowest BCUT2D eigenvalue weighted by Gasteiger charge is -2.37. The average Bonchev–Trinajstić information content (AvgIpc) is 3.14. The predicted octanol–water partition coefficient (Wildman–Crippen LogP) is 2.81. The fraction of sp³-hybridized carbons (Fsp3) is 0.867. The maximum absolute atomic E-state index is 12.4. The van der Waals surface area contributed by atoms with Crippen LogP contribution in [-0.4, -0.2) is 34.5 Å². The second kappa shape index (κ2) is 5.93. The van der Waals surface area contributed by atoms with Crippen molar-refractivity contribution in [3.63, 3.8) is 0 Å². The molecule has 0 radical (unpaired) electrons. The van der Waals surface area contributed by atoms with Gasteiger partial charge in [-0.2, -0.15) is 0 Å². The Bertz CT molecular complexity index is 343. The summed E-state index contributed by atoms with van der Waals surface area (Å²) in [5, 5.41) is 9.14. The van der Waals surface area contributed by atoms with Crippen LogP contribution in [0, 0.1) is 5.41 Å². The summed E-state index contributed by atoms with van der Waals surface area (Å²) in [7, 11) is 0. The summed E-state index contributed by atoms with van der Waals surface area (Å²) in [6.07, 6.45) is 7.92. The van der Waals surface area contributed by atoms with Gasteiger partial charge in [0.1, 0.15) is 0 Å². The van der Waals surface area contributed by atoms with Crippen LogP contribution in [0.5, 0.6) is 0 Å². The molecule has 1 amide bonds. The summed E-state index contributed by atoms with van der Waals surface area (Å²) in [5.74, 6) is -0.586. The lowest BCUT2D eigenvalue weighted by atomic mass is 9.69. The van der Waals surface area contributed by atoms with Gasteiger partial charge in [0.05, 0.1) is 6.42 Å². The maximum Gasteiger partial charge on any atom is 0.303 e. The Kier molecular flexibility index (Phi) is 4.48. The Hall–Kier alpha value is -1.06. The monoisotopic (exact) mass is 267 g/mol. The van der Waals surface area contributed by atoms with Gasteiger partial charge in [-0.1, -0.05) is 19.3 Å². The number of carbonyl (C=O) groups excluding carboxylic acids is 1. The van der Waals surface area contributed by atoms with Gasteiger partial charge in [0.15, 0.2) is 0 Å². The molecule has 1 N–H and O–H groups in total. The molecule has 0 atom stereocenters. The fourth-order valence-corrected chi connectivity index (χ4v) is 3.49. The molecule has 2 fully saturated rings. The van der Waals surface area contributed by atoms with Crippen LogP contribution in [0.3, 0.4) is 0 Å². The van der Waals surface area contributed by atoms with Gasteiger partial charge in [-0.3, -0.25) is 9.59 Å². The van der Waals surface area contributed by atoms with Gasteiger partial charge in [0.25, 0.3) is 0 Å². The molecular weight excluding hydrogens is 242 g/mol. The van der Waals surface area contributed by atoms with Crippen LogP contribution in [0.15, 0.2) is 0 Å². The molecule has 0 heterocycles. The van der Waals surface area contributed by atoms with E-state index in [9.17, 15) is 9.59 Å². The van der Waals surface area contributed by atoms with Crippen molar-refractivity contribution in [1.29, 1.82) is 0 Å². The first kappa shape index (κ1) is 14.4. The topological polar surface area (TPSA) is 57.6 Å². The van der Waals surface area contributed by atoms with Crippen LogP contribution >= 0.6 is 0 Å². The zero-order chi connectivity index (χ0) is 13.9. The smallest absolute Gasteiger partial charge is 0.303 e. The standard InChI is InChI=1S/C15H25NO3/c1-2-16(12-6-7-12)13(17)10-15(11-14(18)19)8-4-3-5-9-15/h12H,2-11H2,1H3,(H,18,19). The van der Waals surface area contributed by atoms with E-state index in [4.69, 9.17) is 5.11 Å². The van der Waals surface area contributed by atoms with Crippen molar-refractivity contribution < 1.29 is 14.7 Å². The first-order chi connectivity index (χ1) is 9.06. The van der Waals surface area contributed by atoms with Crippen LogP contribution in [-0.2, 0) is 9.59 Å². The molecule has 0 saturated heterocycles. The number of carboxylic acids is 1. The fourth-order valence-electron chi connectivity index (χ4n) is 3.49. The molecular formula is C15H25NO3. The summed E-state index contributed by atoms with van der Waals surface area (Å²) >= 11 is 0. The Morgan fingerprint density at radius 3 is 2.26 bits per heavy atom. The second-order valence-electron chi connectivity index (χ2n) is 6.22. The molecule has 2 rings (SSSR count). The number of aliphatic carboxylic acids is 1. The van der Waals surface area contributed by atoms with E-state index >= 15 is 0 Å². The molecule has 2 saturated carbocycles. The van der Waals surface area contributed by atoms with Crippen molar-refractivity contribution in [3.05, 3.63) is 0 Å². The molecule has 2 aliphatic rings. The van der Waals surface area contributed by atoms with E-state index in [2.05, 4.69) is 0 Å². The molecule has 0 aliphatic heterocycles. The highest BCUT2D eigenvalue weighted by molar-refractivity contribution is 5.79. The highest BCUT2D eigenvalue weighted by Crippen LogP contribution is 2.43. The molecule has 4 heteroatoms. The van der Waals surface area contributed by atoms with Crippen LogP contribution < -0.4 is 0 Å². The van der Waals surface area contributed by atoms with E-state index in [0.29, 0.717) is 12.5 Å². The van der Waals surface area contributed by atoms with Crippen LogP contribution in [0.25, 0.3) is 0 Å². The number of hydrogen-bond acceptors (Lipinski definition) is 2. The largest absolute Gasteiger partial charge is 0.481 e. The Labute approximate surface area is 115 Å². The van der Waals surface area contributed by atoms with Gasteiger partial charge in [-0.15, -0.1) is 0 Å². The van der Waals surface area contributed by atoms with Gasteiger partial charge in [0.2, 0.25) is 5.91 Å². The van der Waals surface area contributed by atoms with E-state index < -0.39 is 5.97 Å². The minimum Gasteiger partial charge on any atom is -0.481 e. The molecule has 0 unspecified atom stereocenters. The van der Waals surface area contributed by atoms with Gasteiger partial charge >= 0.3 is 5.97 Å². The Balaban J connectivity index is 2.01. The molecule has 0 aromatic rings. The summed E-state index contributed by atoms with van der Waals surface area (Å²) in [6.45, 7) is 2.77. The van der Waals surface area contributed by atoms with Crippen molar-refractivity contribution >= 4 is 11.9 Å². The lowest BCUT2D eigenvalue weighted by molar-refractivity contribution is -0.142. The number of hydrogen-bond donors (Lipinski definition) is 1. The van der Waals surface area contributed by atoms with Crippen molar-refractivity contribution in [2.75, 3.05) is 6.54 Å². The summed E-state index contributed by atoms with van der Waals surface area (Å²) in [5.41, 5.74) is -0.274. The zero-order valence-electron chi connectivity index (χ0n) is 11.9. The number of carbonyl (C=O) groups is 2. The number of amides is 1. The second-order valence-corrected chi connectivity index (χ2v) is 6.22. The van der Waals surface area contributed by atoms with E-state index in [-0.39, 0.29) is 17.7 Å². The number of nitrogens with zero attached hydrogens (tertiary/aromatic N) is 1. The molecule has 0 aromatic heterocycles. The molecule has 108 valence electrons. The highest BCUT2D eigenvalue weighted by atomic mass is 16.4. The third kappa shape index (κ3) is 3.71. The summed E-state index contributed by atoms with van der Waals surface area (Å²) in [6, 6.07) is 0.433. The van der Waals surface area contributed by atoms with Crippen molar-refractivity contribution in [2.45, 2.75) is 70.8 Å². The SMILES string of the molecule is CCN(C(=O)CC1(CC(=O)O)CCCCC1)C1CC1. The third-order valence-electron chi connectivity index (χ3n) is 4.62. The molecule has 4 nitrogen and oxygen atoms in total. The van der Waals surface area contributed by atoms with Crippen LogP contribution in [0.4, 0.5) is 0 Å². The van der Waals surface area contributed by atoms with Gasteiger partial charge in [-0.25, -0.2) is 0 Å². The summed E-state index contributed by atoms with van der Waals surface area (Å²) < 4.78 is 0. The predicted molar refractivity (Wildman–Crippen MR) is 72.8 cm³/mol. The molecule has 2 aliphatic carbocycles. The lowest BCUT2D eigenvalue weighted by Crippen LogP contribution is -2.39. The quantitative estimate of drug-likeness (QED) is 0.805. The molecule has 0 spiro atoms. The van der Waals surface area contributed by atoms with Crippen molar-refractivity contribution in [3.8, 4) is 0 Å². The minimum absolute atomic E-state index is 0.154. The highest BCUT2D eigenvalue weighted by Gasteiger charge is 2.39. The van der Waals surface area contributed by atoms with Crippen molar-refractivity contribution in [2.24, 2.45) is 5.41 Å². The van der Waals surface area contributed by atoms with E-state index in [1.165, 1.54) is 6.42 Å². The Morgan fingerprint density at radius 2 is 1.79 bits per heavy atom. The van der Waals surface area contributed by atoms with Crippen molar-refractivity contribution in [1.82, 2.24) is 4.90 Å². The minimum atomic E-state index is -0.760. The van der Waals surface area contributed by atoms with Crippen LogP contribution in [0.2, 0.25) is 0 Å². The number of carboxylic acid groups (broad SMARTS) is 1. The number of rotatable bonds is 6. The zero-order valence-corrected chi connectivity index (χ0v) is 11.9. The first-order valence-corrected chi connectivity index (χ1v) is 7.57. The average molecular weight is 267 g/mol. The molecule has 0 bridgehead atoms. The Morgan fingerprint density at radius 1 is 1.16 bits per heavy atom. The maximum atomic E-state index is 12.4. The first-order valence-electron chi connectivity index (χ1n) is 7.57. The van der Waals surface area contributed by atoms with Gasteiger partial charge < -0.3 is 10.0 Å². The molecule has 19 heavy (non-hydrogen) atoms. The van der Waals surface area contributed by atoms with E-state index in [1.807, 2.05) is 11.8 Å². The van der Waals surface area contributed by atoms with E-state index in [0.717, 1.165) is 45.1 Å². The molecule has 0 aromatic carbocycles. The van der Waals surface area contributed by atoms with Gasteiger partial charge in [-0.05, 0) is 38.0 Å².